The fraction of sp³-hybridized carbons (Fsp3) is 0.711. The highest BCUT2D eigenvalue weighted by molar-refractivity contribution is 6.38. The van der Waals surface area contributed by atoms with Crippen LogP contribution in [0, 0.1) is 17.8 Å². The Labute approximate surface area is 385 Å². The minimum atomic E-state index is -1.53. The van der Waals surface area contributed by atoms with Gasteiger partial charge in [-0.1, -0.05) is 72.0 Å². The molecular formula is C45H69N7O14. The number of ketones is 1. The summed E-state index contributed by atoms with van der Waals surface area (Å²) in [6.45, 7) is 8.95. The highest BCUT2D eigenvalue weighted by atomic mass is 16.5. The molecule has 0 aromatic heterocycles. The predicted octanol–water partition coefficient (Wildman–Crippen LogP) is 0.771. The summed E-state index contributed by atoms with van der Waals surface area (Å²) in [4.78, 5) is 145. The van der Waals surface area contributed by atoms with Crippen LogP contribution in [0.15, 0.2) is 12.7 Å². The van der Waals surface area contributed by atoms with Gasteiger partial charge in [0.25, 0.3) is 5.91 Å². The second kappa shape index (κ2) is 26.9. The van der Waals surface area contributed by atoms with E-state index in [1.807, 2.05) is 0 Å². The van der Waals surface area contributed by atoms with E-state index >= 15 is 4.79 Å². The summed E-state index contributed by atoms with van der Waals surface area (Å²) >= 11 is 0. The lowest BCUT2D eigenvalue weighted by Gasteiger charge is -2.39. The molecule has 21 heteroatoms. The normalized spacial score (nSPS) is 20.4. The third-order valence-corrected chi connectivity index (χ3v) is 12.4. The lowest BCUT2D eigenvalue weighted by Crippen LogP contribution is -2.62. The van der Waals surface area contributed by atoms with E-state index in [9.17, 15) is 53.1 Å². The van der Waals surface area contributed by atoms with Gasteiger partial charge in [-0.25, -0.2) is 0 Å². The van der Waals surface area contributed by atoms with Gasteiger partial charge in [0.2, 0.25) is 41.2 Å². The molecule has 8 atom stereocenters. The minimum Gasteiger partial charge on any atom is -0.481 e. The Kier molecular flexibility index (Phi) is 22.2. The lowest BCUT2D eigenvalue weighted by atomic mass is 9.82. The van der Waals surface area contributed by atoms with Crippen molar-refractivity contribution < 1.29 is 67.7 Å². The van der Waals surface area contributed by atoms with E-state index in [-0.39, 0.29) is 43.7 Å². The molecule has 7 amide bonds. The molecule has 368 valence electrons. The van der Waals surface area contributed by atoms with Crippen LogP contribution in [0.1, 0.15) is 130 Å². The number of nitrogens with one attached hydrogen (secondary N) is 6. The Morgan fingerprint density at radius 1 is 0.727 bits per heavy atom. The summed E-state index contributed by atoms with van der Waals surface area (Å²) in [6, 6.07) is -8.01. The van der Waals surface area contributed by atoms with Crippen molar-refractivity contribution in [3.8, 4) is 0 Å². The molecule has 0 spiro atoms. The molecule has 3 rings (SSSR count). The second-order valence-electron chi connectivity index (χ2n) is 17.8. The van der Waals surface area contributed by atoms with Gasteiger partial charge in [0.15, 0.2) is 0 Å². The van der Waals surface area contributed by atoms with Crippen molar-refractivity contribution in [1.82, 2.24) is 36.8 Å². The van der Waals surface area contributed by atoms with Crippen molar-refractivity contribution in [2.45, 2.75) is 173 Å². The maximum atomic E-state index is 15.1. The Bertz CT molecular complexity index is 1800. The average molecular weight is 932 g/mol. The summed E-state index contributed by atoms with van der Waals surface area (Å²) in [6.07, 6.45) is 6.95. The first-order valence-electron chi connectivity index (χ1n) is 23.1. The molecule has 3 fully saturated rings. The van der Waals surface area contributed by atoms with Crippen molar-refractivity contribution in [2.24, 2.45) is 17.8 Å². The van der Waals surface area contributed by atoms with E-state index in [1.54, 1.807) is 20.8 Å². The molecule has 3 aliphatic rings. The summed E-state index contributed by atoms with van der Waals surface area (Å²) in [5.41, 5.74) is 0. The molecule has 2 saturated carbocycles. The van der Waals surface area contributed by atoms with Crippen molar-refractivity contribution in [2.75, 3.05) is 13.2 Å². The molecule has 0 bridgehead atoms. The van der Waals surface area contributed by atoms with Gasteiger partial charge >= 0.3 is 17.9 Å². The van der Waals surface area contributed by atoms with Crippen LogP contribution in [-0.2, 0) is 57.5 Å². The lowest BCUT2D eigenvalue weighted by molar-refractivity contribution is -0.147. The Balaban J connectivity index is 1.91. The average Bonchev–Trinajstić information content (AvgIpc) is 3.67. The van der Waals surface area contributed by atoms with Gasteiger partial charge < -0.3 is 51.8 Å². The number of hydrogen-bond acceptors (Lipinski definition) is 12. The zero-order valence-electron chi connectivity index (χ0n) is 38.5. The maximum absolute atomic E-state index is 15.1. The molecule has 66 heavy (non-hydrogen) atoms. The highest BCUT2D eigenvalue weighted by Gasteiger charge is 2.51. The minimum absolute atomic E-state index is 0.0543. The first-order chi connectivity index (χ1) is 31.3. The van der Waals surface area contributed by atoms with Crippen molar-refractivity contribution in [1.29, 1.82) is 0 Å². The highest BCUT2D eigenvalue weighted by Crippen LogP contribution is 2.41. The van der Waals surface area contributed by atoms with Crippen LogP contribution in [0.2, 0.25) is 0 Å². The van der Waals surface area contributed by atoms with Crippen molar-refractivity contribution in [3.05, 3.63) is 12.7 Å². The SMILES string of the molecule is C=CCOC(=O)CNC(=O)C(=O)C(CCC)NC(=O)C1CC2CCCCC2N1C(=O)C(NC(=O)C(NC(=O)C(CCC(=O)O)NC(=O)C(CCC(=O)O)NC(C)=O)C(C)C)C1CCCCC1. The fourth-order valence-electron chi connectivity index (χ4n) is 9.07. The quantitative estimate of drug-likeness (QED) is 0.0338. The van der Waals surface area contributed by atoms with Crippen LogP contribution >= 0.6 is 0 Å². The summed E-state index contributed by atoms with van der Waals surface area (Å²) in [5, 5.41) is 33.8. The summed E-state index contributed by atoms with van der Waals surface area (Å²) < 4.78 is 4.85. The van der Waals surface area contributed by atoms with Gasteiger partial charge in [0, 0.05) is 25.8 Å². The van der Waals surface area contributed by atoms with Gasteiger partial charge in [0.05, 0.1) is 6.04 Å². The van der Waals surface area contributed by atoms with Gasteiger partial charge in [-0.2, -0.15) is 0 Å². The summed E-state index contributed by atoms with van der Waals surface area (Å²) in [5.74, 6) is -10.8. The Morgan fingerprint density at radius 2 is 1.32 bits per heavy atom. The number of Topliss-reactive ketones (excluding diaryl/α,β-unsaturated/α-hetero) is 1. The van der Waals surface area contributed by atoms with Crippen molar-refractivity contribution >= 4 is 65.0 Å². The van der Waals surface area contributed by atoms with Crippen molar-refractivity contribution in [3.63, 3.8) is 0 Å². The standard InChI is InChI=1S/C45H69N7O14/c1-6-13-29(39(59)44(64)46-24-36(58)66-22-7-2)48-42(62)33-23-28-16-11-12-17-32(28)52(33)45(65)38(27-14-9-8-10-15-27)51-43(63)37(25(3)4)50-41(61)31(19-21-35(56)57)49-40(60)30(47-26(5)53)18-20-34(54)55/h7,25,27-33,37-38H,2,6,8-24H2,1,3-5H3,(H,46,64)(H,47,53)(H,48,62)(H,49,60)(H,50,61)(H,51,63)(H,54,55)(H,56,57). The molecule has 8 unspecified atom stereocenters. The molecule has 1 saturated heterocycles. The number of carboxylic acids is 2. The second-order valence-corrected chi connectivity index (χ2v) is 17.8. The molecule has 1 aliphatic heterocycles. The number of carboxylic acid groups (broad SMARTS) is 2. The van der Waals surface area contributed by atoms with Crippen LogP contribution in [0.25, 0.3) is 0 Å². The van der Waals surface area contributed by atoms with E-state index in [0.29, 0.717) is 25.7 Å². The number of ether oxygens (including phenoxy) is 1. The molecular weight excluding hydrogens is 863 g/mol. The number of amides is 7. The van der Waals surface area contributed by atoms with E-state index in [2.05, 4.69) is 38.5 Å². The number of rotatable bonds is 26. The van der Waals surface area contributed by atoms with E-state index in [1.165, 1.54) is 11.0 Å². The van der Waals surface area contributed by atoms with Crippen LogP contribution in [-0.4, -0.2) is 136 Å². The Hall–Kier alpha value is -5.89. The first-order valence-corrected chi connectivity index (χ1v) is 23.1. The number of aliphatic carboxylic acids is 2. The summed E-state index contributed by atoms with van der Waals surface area (Å²) in [7, 11) is 0. The zero-order valence-corrected chi connectivity index (χ0v) is 38.5. The molecule has 2 aliphatic carbocycles. The largest absolute Gasteiger partial charge is 0.481 e. The van der Waals surface area contributed by atoms with Gasteiger partial charge in [-0.05, 0) is 69.1 Å². The number of hydrogen-bond donors (Lipinski definition) is 8. The van der Waals surface area contributed by atoms with Crippen LogP contribution in [0.3, 0.4) is 0 Å². The molecule has 8 N–H and O–H groups in total. The van der Waals surface area contributed by atoms with Crippen LogP contribution in [0.4, 0.5) is 0 Å². The molecule has 0 radical (unpaired) electrons. The fourth-order valence-corrected chi connectivity index (χ4v) is 9.07. The van der Waals surface area contributed by atoms with Crippen LogP contribution < -0.4 is 31.9 Å². The van der Waals surface area contributed by atoms with E-state index in [4.69, 9.17) is 9.84 Å². The number of nitrogens with zero attached hydrogens (tertiary/aromatic N) is 1. The van der Waals surface area contributed by atoms with Gasteiger partial charge in [0.1, 0.15) is 43.4 Å². The number of carbonyl (C=O) groups excluding carboxylic acids is 9. The van der Waals surface area contributed by atoms with E-state index in [0.717, 1.165) is 45.4 Å². The van der Waals surface area contributed by atoms with Crippen LogP contribution in [0.5, 0.6) is 0 Å². The number of likely N-dealkylation sites (tertiary alicyclic amines) is 1. The molecule has 0 aromatic carbocycles. The van der Waals surface area contributed by atoms with Gasteiger partial charge in [-0.15, -0.1) is 0 Å². The topological polar surface area (TPSA) is 313 Å². The van der Waals surface area contributed by atoms with Gasteiger partial charge in [-0.3, -0.25) is 52.7 Å². The smallest absolute Gasteiger partial charge is 0.325 e. The molecule has 1 heterocycles. The molecule has 21 nitrogen and oxygen atoms in total. The predicted molar refractivity (Wildman–Crippen MR) is 236 cm³/mol. The molecule has 0 aromatic rings. The number of esters is 1. The zero-order chi connectivity index (χ0) is 49.1. The first kappa shape index (κ1) is 54.4. The third kappa shape index (κ3) is 16.5. The third-order valence-electron chi connectivity index (χ3n) is 12.4. The number of fused-ring (bicyclic) bond motifs is 1. The Morgan fingerprint density at radius 3 is 1.89 bits per heavy atom. The van der Waals surface area contributed by atoms with E-state index < -0.39 is 133 Å². The monoisotopic (exact) mass is 931 g/mol. The number of carbonyl (C=O) groups is 11. The maximum Gasteiger partial charge on any atom is 0.325 e.